The van der Waals surface area contributed by atoms with Crippen molar-refractivity contribution in [2.45, 2.75) is 26.8 Å². The minimum atomic E-state index is -0.241. The zero-order valence-corrected chi connectivity index (χ0v) is 12.2. The lowest BCUT2D eigenvalue weighted by molar-refractivity contribution is 0.102. The Morgan fingerprint density at radius 2 is 2.14 bits per heavy atom. The number of carbonyl (C=O) groups is 1. The van der Waals surface area contributed by atoms with Gasteiger partial charge in [0.1, 0.15) is 5.82 Å². The van der Waals surface area contributed by atoms with Crippen LogP contribution in [0.3, 0.4) is 0 Å². The summed E-state index contributed by atoms with van der Waals surface area (Å²) in [4.78, 5) is 12.4. The first kappa shape index (κ1) is 13.4. The standard InChI is InChI=1S/C15H17N5O/c1-9(2)20-13(6-7-16-20)17-15(21)14-11-8-10(3)4-5-12(11)18-19-14/h4-9H,1-3H3,(H,17,21)(H,18,19). The third-order valence-electron chi connectivity index (χ3n) is 3.33. The van der Waals surface area contributed by atoms with Crippen molar-refractivity contribution in [3.05, 3.63) is 41.7 Å². The Bertz CT molecular complexity index is 799. The van der Waals surface area contributed by atoms with Crippen LogP contribution in [0.4, 0.5) is 5.82 Å². The van der Waals surface area contributed by atoms with Gasteiger partial charge in [0.15, 0.2) is 5.69 Å². The molecule has 3 aromatic rings. The van der Waals surface area contributed by atoms with Crippen LogP contribution in [0.25, 0.3) is 10.9 Å². The van der Waals surface area contributed by atoms with Crippen molar-refractivity contribution < 1.29 is 4.79 Å². The summed E-state index contributed by atoms with van der Waals surface area (Å²) >= 11 is 0. The number of hydrogen-bond donors (Lipinski definition) is 2. The first-order chi connectivity index (χ1) is 10.1. The number of anilines is 1. The van der Waals surface area contributed by atoms with Gasteiger partial charge in [-0.25, -0.2) is 4.68 Å². The molecule has 3 rings (SSSR count). The minimum Gasteiger partial charge on any atom is -0.305 e. The fourth-order valence-electron chi connectivity index (χ4n) is 2.30. The molecule has 0 aliphatic rings. The molecule has 1 aromatic carbocycles. The van der Waals surface area contributed by atoms with Gasteiger partial charge in [-0.1, -0.05) is 11.6 Å². The molecule has 2 aromatic heterocycles. The van der Waals surface area contributed by atoms with E-state index in [1.165, 1.54) is 0 Å². The van der Waals surface area contributed by atoms with E-state index in [-0.39, 0.29) is 11.9 Å². The predicted molar refractivity (Wildman–Crippen MR) is 81.4 cm³/mol. The predicted octanol–water partition coefficient (Wildman–Crippen LogP) is 2.90. The lowest BCUT2D eigenvalue weighted by Crippen LogP contribution is -2.17. The van der Waals surface area contributed by atoms with E-state index in [4.69, 9.17) is 0 Å². The van der Waals surface area contributed by atoms with E-state index in [1.807, 2.05) is 39.0 Å². The fourth-order valence-corrected chi connectivity index (χ4v) is 2.30. The summed E-state index contributed by atoms with van der Waals surface area (Å²) in [5, 5.41) is 14.9. The molecule has 0 aliphatic carbocycles. The van der Waals surface area contributed by atoms with Crippen molar-refractivity contribution in [3.8, 4) is 0 Å². The Morgan fingerprint density at radius 1 is 1.33 bits per heavy atom. The number of amides is 1. The van der Waals surface area contributed by atoms with Crippen LogP contribution in [0, 0.1) is 6.92 Å². The van der Waals surface area contributed by atoms with Crippen LogP contribution in [0.15, 0.2) is 30.5 Å². The van der Waals surface area contributed by atoms with E-state index in [1.54, 1.807) is 16.9 Å². The molecule has 0 saturated heterocycles. The highest BCUT2D eigenvalue weighted by Gasteiger charge is 2.16. The summed E-state index contributed by atoms with van der Waals surface area (Å²) in [5.74, 6) is 0.424. The molecular formula is C15H17N5O. The first-order valence-corrected chi connectivity index (χ1v) is 6.86. The van der Waals surface area contributed by atoms with Crippen molar-refractivity contribution >= 4 is 22.6 Å². The Morgan fingerprint density at radius 3 is 2.90 bits per heavy atom. The van der Waals surface area contributed by atoms with E-state index in [9.17, 15) is 4.79 Å². The number of nitrogens with one attached hydrogen (secondary N) is 2. The van der Waals surface area contributed by atoms with E-state index in [2.05, 4.69) is 20.6 Å². The summed E-state index contributed by atoms with van der Waals surface area (Å²) in [5.41, 5.74) is 2.33. The second-order valence-electron chi connectivity index (χ2n) is 5.33. The summed E-state index contributed by atoms with van der Waals surface area (Å²) in [6, 6.07) is 7.81. The van der Waals surface area contributed by atoms with Crippen molar-refractivity contribution in [1.82, 2.24) is 20.0 Å². The molecule has 0 saturated carbocycles. The SMILES string of the molecule is Cc1ccc2[nH]nc(C(=O)Nc3ccnn3C(C)C)c2c1. The monoisotopic (exact) mass is 283 g/mol. The van der Waals surface area contributed by atoms with Gasteiger partial charge in [0.05, 0.1) is 11.7 Å². The molecule has 1 amide bonds. The molecule has 6 heteroatoms. The Hall–Kier alpha value is -2.63. The smallest absolute Gasteiger partial charge is 0.277 e. The quantitative estimate of drug-likeness (QED) is 0.776. The molecule has 6 nitrogen and oxygen atoms in total. The number of aromatic nitrogens is 4. The maximum atomic E-state index is 12.4. The molecule has 0 atom stereocenters. The topological polar surface area (TPSA) is 75.6 Å². The highest BCUT2D eigenvalue weighted by atomic mass is 16.2. The number of fused-ring (bicyclic) bond motifs is 1. The van der Waals surface area contributed by atoms with Crippen molar-refractivity contribution in [2.75, 3.05) is 5.32 Å². The normalized spacial score (nSPS) is 11.2. The van der Waals surface area contributed by atoms with Gasteiger partial charge < -0.3 is 5.32 Å². The number of aryl methyl sites for hydroxylation is 1. The molecule has 0 fully saturated rings. The van der Waals surface area contributed by atoms with Gasteiger partial charge in [-0.15, -0.1) is 0 Å². The number of benzene rings is 1. The maximum Gasteiger partial charge on any atom is 0.277 e. The van der Waals surface area contributed by atoms with Gasteiger partial charge in [-0.05, 0) is 32.9 Å². The van der Waals surface area contributed by atoms with Crippen LogP contribution in [0.1, 0.15) is 35.9 Å². The molecule has 0 bridgehead atoms. The lowest BCUT2D eigenvalue weighted by Gasteiger charge is -2.11. The number of aromatic amines is 1. The van der Waals surface area contributed by atoms with Gasteiger partial charge >= 0.3 is 0 Å². The minimum absolute atomic E-state index is 0.175. The number of carbonyl (C=O) groups excluding carboxylic acids is 1. The molecule has 0 radical (unpaired) electrons. The average molecular weight is 283 g/mol. The first-order valence-electron chi connectivity index (χ1n) is 6.86. The highest BCUT2D eigenvalue weighted by Crippen LogP contribution is 2.19. The average Bonchev–Trinajstić information content (AvgIpc) is 3.04. The second-order valence-corrected chi connectivity index (χ2v) is 5.33. The number of hydrogen-bond acceptors (Lipinski definition) is 3. The van der Waals surface area contributed by atoms with Crippen molar-refractivity contribution in [2.24, 2.45) is 0 Å². The highest BCUT2D eigenvalue weighted by molar-refractivity contribution is 6.10. The van der Waals surface area contributed by atoms with Crippen LogP contribution in [-0.4, -0.2) is 25.9 Å². The molecule has 21 heavy (non-hydrogen) atoms. The lowest BCUT2D eigenvalue weighted by atomic mass is 10.1. The van der Waals surface area contributed by atoms with Gasteiger partial charge in [-0.3, -0.25) is 9.89 Å². The third-order valence-corrected chi connectivity index (χ3v) is 3.33. The number of H-pyrrole nitrogens is 1. The maximum absolute atomic E-state index is 12.4. The van der Waals surface area contributed by atoms with Crippen LogP contribution < -0.4 is 5.32 Å². The van der Waals surface area contributed by atoms with Gasteiger partial charge in [-0.2, -0.15) is 10.2 Å². The van der Waals surface area contributed by atoms with E-state index in [0.717, 1.165) is 16.5 Å². The molecule has 0 aliphatic heterocycles. The van der Waals surface area contributed by atoms with Crippen LogP contribution in [0.2, 0.25) is 0 Å². The molecule has 2 N–H and O–H groups in total. The summed E-state index contributed by atoms with van der Waals surface area (Å²) in [6.07, 6.45) is 1.67. The molecule has 0 unspecified atom stereocenters. The van der Waals surface area contributed by atoms with Crippen LogP contribution >= 0.6 is 0 Å². The fraction of sp³-hybridized carbons (Fsp3) is 0.267. The number of nitrogens with zero attached hydrogens (tertiary/aromatic N) is 3. The van der Waals surface area contributed by atoms with E-state index >= 15 is 0 Å². The van der Waals surface area contributed by atoms with Gasteiger partial charge in [0.2, 0.25) is 0 Å². The van der Waals surface area contributed by atoms with E-state index in [0.29, 0.717) is 11.5 Å². The van der Waals surface area contributed by atoms with Gasteiger partial charge in [0, 0.05) is 17.5 Å². The Balaban J connectivity index is 1.94. The largest absolute Gasteiger partial charge is 0.305 e. The van der Waals surface area contributed by atoms with Crippen molar-refractivity contribution in [3.63, 3.8) is 0 Å². The summed E-state index contributed by atoms with van der Waals surface area (Å²) < 4.78 is 1.76. The Labute approximate surface area is 122 Å². The molecular weight excluding hydrogens is 266 g/mol. The van der Waals surface area contributed by atoms with Crippen LogP contribution in [-0.2, 0) is 0 Å². The zero-order chi connectivity index (χ0) is 15.0. The van der Waals surface area contributed by atoms with E-state index < -0.39 is 0 Å². The second kappa shape index (κ2) is 5.05. The third kappa shape index (κ3) is 2.40. The zero-order valence-electron chi connectivity index (χ0n) is 12.2. The summed E-state index contributed by atoms with van der Waals surface area (Å²) in [6.45, 7) is 6.01. The number of rotatable bonds is 3. The Kier molecular flexibility index (Phi) is 3.21. The van der Waals surface area contributed by atoms with Crippen LogP contribution in [0.5, 0.6) is 0 Å². The molecule has 0 spiro atoms. The summed E-state index contributed by atoms with van der Waals surface area (Å²) in [7, 11) is 0. The van der Waals surface area contributed by atoms with Crippen molar-refractivity contribution in [1.29, 1.82) is 0 Å². The molecule has 2 heterocycles. The molecule has 108 valence electrons. The van der Waals surface area contributed by atoms with Gasteiger partial charge in [0.25, 0.3) is 5.91 Å².